The number of nitrogens with one attached hydrogen (secondary N) is 3. The van der Waals surface area contributed by atoms with Crippen LogP contribution in [0, 0.1) is 0 Å². The number of anilines is 2. The number of rotatable bonds is 7. The molecule has 7 heteroatoms. The average molecular weight is 345 g/mol. The van der Waals surface area contributed by atoms with Crippen LogP contribution in [0.5, 0.6) is 0 Å². The van der Waals surface area contributed by atoms with Gasteiger partial charge in [0.1, 0.15) is 0 Å². The van der Waals surface area contributed by atoms with Crippen molar-refractivity contribution in [2.45, 2.75) is 19.8 Å². The molecule has 1 heterocycles. The summed E-state index contributed by atoms with van der Waals surface area (Å²) in [6.45, 7) is 1.81. The molecule has 3 N–H and O–H groups in total. The summed E-state index contributed by atoms with van der Waals surface area (Å²) in [6, 6.07) is 10.3. The van der Waals surface area contributed by atoms with Crippen LogP contribution in [0.4, 0.5) is 11.4 Å². The van der Waals surface area contributed by atoms with E-state index in [0.717, 1.165) is 6.42 Å². The van der Waals surface area contributed by atoms with Crippen molar-refractivity contribution in [1.29, 1.82) is 0 Å². The number of carbonyl (C=O) groups excluding carboxylic acids is 3. The Morgan fingerprint density at radius 1 is 1.00 bits per heavy atom. The van der Waals surface area contributed by atoms with Crippen LogP contribution in [-0.4, -0.2) is 24.3 Å². The number of thiophene rings is 1. The quantitative estimate of drug-likeness (QED) is 0.721. The molecule has 0 aliphatic heterocycles. The third-order valence-electron chi connectivity index (χ3n) is 3.06. The number of benzene rings is 1. The van der Waals surface area contributed by atoms with Crippen molar-refractivity contribution in [3.8, 4) is 0 Å². The van der Waals surface area contributed by atoms with Gasteiger partial charge in [-0.1, -0.05) is 19.1 Å². The highest BCUT2D eigenvalue weighted by Crippen LogP contribution is 2.15. The summed E-state index contributed by atoms with van der Waals surface area (Å²) in [6.07, 6.45) is 1.22. The lowest BCUT2D eigenvalue weighted by molar-refractivity contribution is -0.116. The number of carbonyl (C=O) groups is 3. The molecule has 6 nitrogen and oxygen atoms in total. The first-order valence-electron chi connectivity index (χ1n) is 7.60. The Balaban J connectivity index is 1.85. The Labute approximate surface area is 144 Å². The summed E-state index contributed by atoms with van der Waals surface area (Å²) in [5.41, 5.74) is 1.17. The molecule has 3 amide bonds. The predicted octanol–water partition coefficient (Wildman–Crippen LogP) is 2.86. The minimum absolute atomic E-state index is 0.0656. The van der Waals surface area contributed by atoms with Crippen LogP contribution < -0.4 is 16.0 Å². The summed E-state index contributed by atoms with van der Waals surface area (Å²) in [5.74, 6) is -0.679. The Bertz CT molecular complexity index is 714. The lowest BCUT2D eigenvalue weighted by Gasteiger charge is -2.09. The van der Waals surface area contributed by atoms with Gasteiger partial charge in [0.15, 0.2) is 0 Å². The van der Waals surface area contributed by atoms with Crippen molar-refractivity contribution in [2.24, 2.45) is 0 Å². The molecule has 1 aromatic carbocycles. The lowest BCUT2D eigenvalue weighted by Crippen LogP contribution is -2.32. The van der Waals surface area contributed by atoms with E-state index < -0.39 is 0 Å². The standard InChI is InChI=1S/C17H19N3O3S/c1-2-5-15(21)19-12-6-3-7-13(10-12)20-16(22)11-18-17(23)14-8-4-9-24-14/h3-4,6-10H,2,5,11H2,1H3,(H,18,23)(H,19,21)(H,20,22). The van der Waals surface area contributed by atoms with Crippen molar-refractivity contribution in [1.82, 2.24) is 5.32 Å². The molecular weight excluding hydrogens is 326 g/mol. The first-order chi connectivity index (χ1) is 11.6. The van der Waals surface area contributed by atoms with Gasteiger partial charge < -0.3 is 16.0 Å². The van der Waals surface area contributed by atoms with E-state index >= 15 is 0 Å². The molecule has 2 rings (SSSR count). The zero-order valence-electron chi connectivity index (χ0n) is 13.3. The molecule has 1 aromatic heterocycles. The zero-order valence-corrected chi connectivity index (χ0v) is 14.1. The Morgan fingerprint density at radius 3 is 2.33 bits per heavy atom. The Kier molecular flexibility index (Phi) is 6.51. The van der Waals surface area contributed by atoms with Crippen LogP contribution in [-0.2, 0) is 9.59 Å². The zero-order chi connectivity index (χ0) is 17.4. The molecule has 0 atom stereocenters. The van der Waals surface area contributed by atoms with Gasteiger partial charge in [0, 0.05) is 17.8 Å². The van der Waals surface area contributed by atoms with Gasteiger partial charge >= 0.3 is 0 Å². The van der Waals surface area contributed by atoms with E-state index in [-0.39, 0.29) is 24.3 Å². The molecule has 0 fully saturated rings. The van der Waals surface area contributed by atoms with Gasteiger partial charge in [-0.05, 0) is 36.1 Å². The molecule has 0 radical (unpaired) electrons. The second-order valence-corrected chi connectivity index (χ2v) is 6.03. The second-order valence-electron chi connectivity index (χ2n) is 5.09. The summed E-state index contributed by atoms with van der Waals surface area (Å²) >= 11 is 1.31. The van der Waals surface area contributed by atoms with Gasteiger partial charge in [0.2, 0.25) is 11.8 Å². The maximum atomic E-state index is 11.9. The number of amides is 3. The van der Waals surface area contributed by atoms with E-state index in [0.29, 0.717) is 22.7 Å². The second kappa shape index (κ2) is 8.83. The molecule has 0 spiro atoms. The third-order valence-corrected chi connectivity index (χ3v) is 3.93. The first kappa shape index (κ1) is 17.7. The van der Waals surface area contributed by atoms with Crippen LogP contribution in [0.3, 0.4) is 0 Å². The summed E-state index contributed by atoms with van der Waals surface area (Å²) in [5, 5.41) is 9.81. The van der Waals surface area contributed by atoms with E-state index in [9.17, 15) is 14.4 Å². The number of hydrogen-bond donors (Lipinski definition) is 3. The predicted molar refractivity (Wildman–Crippen MR) is 95.3 cm³/mol. The molecule has 126 valence electrons. The van der Waals surface area contributed by atoms with Crippen LogP contribution in [0.25, 0.3) is 0 Å². The third kappa shape index (κ3) is 5.51. The van der Waals surface area contributed by atoms with Crippen molar-refractivity contribution in [3.63, 3.8) is 0 Å². The average Bonchev–Trinajstić information content (AvgIpc) is 3.07. The Morgan fingerprint density at radius 2 is 1.71 bits per heavy atom. The fourth-order valence-electron chi connectivity index (χ4n) is 1.99. The molecular formula is C17H19N3O3S. The van der Waals surface area contributed by atoms with E-state index in [4.69, 9.17) is 0 Å². The first-order valence-corrected chi connectivity index (χ1v) is 8.48. The molecule has 0 unspecified atom stereocenters. The molecule has 0 aliphatic carbocycles. The largest absolute Gasteiger partial charge is 0.342 e. The molecule has 24 heavy (non-hydrogen) atoms. The summed E-state index contributed by atoms with van der Waals surface area (Å²) in [4.78, 5) is 35.8. The van der Waals surface area contributed by atoms with Crippen molar-refractivity contribution < 1.29 is 14.4 Å². The van der Waals surface area contributed by atoms with Crippen LogP contribution in [0.2, 0.25) is 0 Å². The topological polar surface area (TPSA) is 87.3 Å². The van der Waals surface area contributed by atoms with E-state index in [1.54, 1.807) is 41.8 Å². The highest BCUT2D eigenvalue weighted by Gasteiger charge is 2.09. The monoisotopic (exact) mass is 345 g/mol. The smallest absolute Gasteiger partial charge is 0.261 e. The maximum absolute atomic E-state index is 11.9. The maximum Gasteiger partial charge on any atom is 0.261 e. The fourth-order valence-corrected chi connectivity index (χ4v) is 2.63. The van der Waals surface area contributed by atoms with Crippen molar-refractivity contribution in [2.75, 3.05) is 17.2 Å². The molecule has 0 bridgehead atoms. The minimum Gasteiger partial charge on any atom is -0.342 e. The highest BCUT2D eigenvalue weighted by atomic mass is 32.1. The SMILES string of the molecule is CCCC(=O)Nc1cccc(NC(=O)CNC(=O)c2cccs2)c1. The molecule has 0 aliphatic rings. The molecule has 2 aromatic rings. The van der Waals surface area contributed by atoms with E-state index in [1.165, 1.54) is 11.3 Å². The number of hydrogen-bond acceptors (Lipinski definition) is 4. The van der Waals surface area contributed by atoms with Crippen LogP contribution >= 0.6 is 11.3 Å². The fraction of sp³-hybridized carbons (Fsp3) is 0.235. The van der Waals surface area contributed by atoms with Crippen LogP contribution in [0.15, 0.2) is 41.8 Å². The van der Waals surface area contributed by atoms with Gasteiger partial charge in [-0.25, -0.2) is 0 Å². The lowest BCUT2D eigenvalue weighted by atomic mass is 10.2. The minimum atomic E-state index is -0.336. The van der Waals surface area contributed by atoms with Gasteiger partial charge in [0.25, 0.3) is 5.91 Å². The van der Waals surface area contributed by atoms with Gasteiger partial charge in [-0.2, -0.15) is 0 Å². The summed E-state index contributed by atoms with van der Waals surface area (Å²) < 4.78 is 0. The normalized spacial score (nSPS) is 10.0. The van der Waals surface area contributed by atoms with E-state index in [2.05, 4.69) is 16.0 Å². The van der Waals surface area contributed by atoms with E-state index in [1.807, 2.05) is 6.92 Å². The molecule has 0 saturated carbocycles. The van der Waals surface area contributed by atoms with Crippen LogP contribution in [0.1, 0.15) is 29.4 Å². The summed E-state index contributed by atoms with van der Waals surface area (Å²) in [7, 11) is 0. The van der Waals surface area contributed by atoms with Gasteiger partial charge in [0.05, 0.1) is 11.4 Å². The Hall–Kier alpha value is -2.67. The van der Waals surface area contributed by atoms with Gasteiger partial charge in [-0.15, -0.1) is 11.3 Å². The highest BCUT2D eigenvalue weighted by molar-refractivity contribution is 7.12. The van der Waals surface area contributed by atoms with Crippen molar-refractivity contribution in [3.05, 3.63) is 46.7 Å². The molecule has 0 saturated heterocycles. The van der Waals surface area contributed by atoms with Gasteiger partial charge in [-0.3, -0.25) is 14.4 Å². The van der Waals surface area contributed by atoms with Crippen molar-refractivity contribution >= 4 is 40.4 Å².